The minimum atomic E-state index is 0.729. The summed E-state index contributed by atoms with van der Waals surface area (Å²) in [6, 6.07) is 8.19. The predicted molar refractivity (Wildman–Crippen MR) is 79.6 cm³/mol. The van der Waals surface area contributed by atoms with Crippen LogP contribution in [0.3, 0.4) is 0 Å². The van der Waals surface area contributed by atoms with Gasteiger partial charge in [0.1, 0.15) is 5.69 Å². The van der Waals surface area contributed by atoms with Crippen molar-refractivity contribution in [1.29, 1.82) is 0 Å². The van der Waals surface area contributed by atoms with E-state index in [4.69, 9.17) is 0 Å². The van der Waals surface area contributed by atoms with Crippen LogP contribution in [0.1, 0.15) is 17.0 Å². The van der Waals surface area contributed by atoms with E-state index in [1.807, 2.05) is 30.7 Å². The Labute approximate surface area is 120 Å². The molecule has 1 aromatic carbocycles. The van der Waals surface area contributed by atoms with Crippen LogP contribution in [0.25, 0.3) is 0 Å². The zero-order chi connectivity index (χ0) is 13.1. The molecule has 0 atom stereocenters. The van der Waals surface area contributed by atoms with Gasteiger partial charge in [0.05, 0.1) is 23.1 Å². The van der Waals surface area contributed by atoms with Crippen molar-refractivity contribution in [2.75, 3.05) is 0 Å². The number of aromatic nitrogens is 2. The number of aliphatic imine (C=N–C) groups is 1. The molecule has 0 aliphatic rings. The maximum Gasteiger partial charge on any atom is 0.118 e. The smallest absolute Gasteiger partial charge is 0.118 e. The zero-order valence-corrected chi connectivity index (χ0v) is 12.5. The SMILES string of the molecule is Cc1nn(Cc2ccc(Br)cc2)c(C)c1N=C=S. The first-order chi connectivity index (χ1) is 8.61. The molecule has 0 N–H and O–H groups in total. The van der Waals surface area contributed by atoms with Crippen molar-refractivity contribution < 1.29 is 0 Å². The molecule has 0 spiro atoms. The normalized spacial score (nSPS) is 10.2. The first-order valence-corrected chi connectivity index (χ1v) is 6.68. The van der Waals surface area contributed by atoms with Crippen molar-refractivity contribution in [2.24, 2.45) is 4.99 Å². The van der Waals surface area contributed by atoms with E-state index in [-0.39, 0.29) is 0 Å². The lowest BCUT2D eigenvalue weighted by Gasteiger charge is -2.04. The van der Waals surface area contributed by atoms with Crippen molar-refractivity contribution in [1.82, 2.24) is 9.78 Å². The van der Waals surface area contributed by atoms with Gasteiger partial charge in [0, 0.05) is 4.47 Å². The van der Waals surface area contributed by atoms with E-state index in [0.29, 0.717) is 0 Å². The number of isothiocyanates is 1. The first-order valence-electron chi connectivity index (χ1n) is 5.48. The molecule has 1 heterocycles. The number of rotatable bonds is 3. The molecule has 0 unspecified atom stereocenters. The second-order valence-electron chi connectivity index (χ2n) is 4.01. The summed E-state index contributed by atoms with van der Waals surface area (Å²) in [4.78, 5) is 4.06. The Morgan fingerprint density at radius 3 is 2.61 bits per heavy atom. The summed E-state index contributed by atoms with van der Waals surface area (Å²) in [7, 11) is 0. The van der Waals surface area contributed by atoms with Crippen molar-refractivity contribution in [3.63, 3.8) is 0 Å². The van der Waals surface area contributed by atoms with Gasteiger partial charge in [-0.25, -0.2) is 0 Å². The lowest BCUT2D eigenvalue weighted by Crippen LogP contribution is -2.03. The van der Waals surface area contributed by atoms with E-state index in [0.717, 1.165) is 28.1 Å². The Balaban J connectivity index is 2.32. The van der Waals surface area contributed by atoms with E-state index in [2.05, 4.69) is 55.5 Å². The molecule has 0 bridgehead atoms. The van der Waals surface area contributed by atoms with E-state index in [1.165, 1.54) is 5.56 Å². The highest BCUT2D eigenvalue weighted by Gasteiger charge is 2.10. The molecule has 0 saturated carbocycles. The van der Waals surface area contributed by atoms with Gasteiger partial charge in [-0.1, -0.05) is 28.1 Å². The van der Waals surface area contributed by atoms with E-state index in [9.17, 15) is 0 Å². The fourth-order valence-electron chi connectivity index (χ4n) is 1.81. The highest BCUT2D eigenvalue weighted by atomic mass is 79.9. The molecule has 2 aromatic rings. The van der Waals surface area contributed by atoms with Gasteiger partial charge in [-0.3, -0.25) is 4.68 Å². The van der Waals surface area contributed by atoms with Crippen LogP contribution >= 0.6 is 28.1 Å². The molecule has 0 aliphatic heterocycles. The van der Waals surface area contributed by atoms with Gasteiger partial charge < -0.3 is 0 Å². The molecule has 18 heavy (non-hydrogen) atoms. The number of aryl methyl sites for hydroxylation is 1. The third-order valence-electron chi connectivity index (χ3n) is 2.75. The number of benzene rings is 1. The summed E-state index contributed by atoms with van der Waals surface area (Å²) >= 11 is 8.07. The number of halogens is 1. The largest absolute Gasteiger partial charge is 0.263 e. The first kappa shape index (κ1) is 13.1. The van der Waals surface area contributed by atoms with Gasteiger partial charge in [0.15, 0.2) is 0 Å². The van der Waals surface area contributed by atoms with E-state index < -0.39 is 0 Å². The highest BCUT2D eigenvalue weighted by Crippen LogP contribution is 2.23. The van der Waals surface area contributed by atoms with Crippen LogP contribution in [-0.2, 0) is 6.54 Å². The van der Waals surface area contributed by atoms with Crippen LogP contribution in [0.2, 0.25) is 0 Å². The topological polar surface area (TPSA) is 30.2 Å². The van der Waals surface area contributed by atoms with Crippen LogP contribution in [-0.4, -0.2) is 14.9 Å². The maximum atomic E-state index is 4.65. The monoisotopic (exact) mass is 321 g/mol. The quantitative estimate of drug-likeness (QED) is 0.630. The summed E-state index contributed by atoms with van der Waals surface area (Å²) in [5.41, 5.74) is 3.90. The fraction of sp³-hybridized carbons (Fsp3) is 0.231. The maximum absolute atomic E-state index is 4.65. The third kappa shape index (κ3) is 2.75. The molecule has 1 aromatic heterocycles. The second-order valence-corrected chi connectivity index (χ2v) is 5.10. The Morgan fingerprint density at radius 1 is 1.33 bits per heavy atom. The van der Waals surface area contributed by atoms with Crippen LogP contribution < -0.4 is 0 Å². The summed E-state index contributed by atoms with van der Waals surface area (Å²) in [6.45, 7) is 4.65. The van der Waals surface area contributed by atoms with Crippen molar-refractivity contribution >= 4 is 39.0 Å². The lowest BCUT2D eigenvalue weighted by molar-refractivity contribution is 0.659. The standard InChI is InChI=1S/C13H12BrN3S/c1-9-13(15-8-18)10(2)17(16-9)7-11-3-5-12(14)6-4-11/h3-6H,7H2,1-2H3. The Kier molecular flexibility index (Phi) is 4.07. The molecule has 0 aliphatic carbocycles. The molecule has 0 radical (unpaired) electrons. The van der Waals surface area contributed by atoms with Crippen molar-refractivity contribution in [3.05, 3.63) is 45.7 Å². The Bertz CT molecular complexity index is 610. The molecule has 0 saturated heterocycles. The average Bonchev–Trinajstić information content (AvgIpc) is 2.60. The molecular weight excluding hydrogens is 310 g/mol. The summed E-state index contributed by atoms with van der Waals surface area (Å²) < 4.78 is 3.01. The van der Waals surface area contributed by atoms with Crippen molar-refractivity contribution in [2.45, 2.75) is 20.4 Å². The molecule has 0 fully saturated rings. The predicted octanol–water partition coefficient (Wildman–Crippen LogP) is 4.05. The fourth-order valence-corrected chi connectivity index (χ4v) is 2.17. The van der Waals surface area contributed by atoms with Gasteiger partial charge in [0.2, 0.25) is 0 Å². The summed E-state index contributed by atoms with van der Waals surface area (Å²) in [6.07, 6.45) is 0. The lowest BCUT2D eigenvalue weighted by atomic mass is 10.2. The Morgan fingerprint density at radius 2 is 2.00 bits per heavy atom. The third-order valence-corrected chi connectivity index (χ3v) is 3.37. The zero-order valence-electron chi connectivity index (χ0n) is 10.1. The number of thiocarbonyl (C=S) groups is 1. The summed E-state index contributed by atoms with van der Waals surface area (Å²) in [5.74, 6) is 0. The van der Waals surface area contributed by atoms with Gasteiger partial charge in [-0.2, -0.15) is 10.1 Å². The molecule has 3 nitrogen and oxygen atoms in total. The minimum Gasteiger partial charge on any atom is -0.263 e. The second kappa shape index (κ2) is 5.57. The molecule has 5 heteroatoms. The van der Waals surface area contributed by atoms with Crippen LogP contribution in [0.4, 0.5) is 5.69 Å². The summed E-state index contributed by atoms with van der Waals surface area (Å²) in [5, 5.41) is 6.87. The van der Waals surface area contributed by atoms with Gasteiger partial charge in [0.25, 0.3) is 0 Å². The van der Waals surface area contributed by atoms with Gasteiger partial charge in [-0.15, -0.1) is 0 Å². The number of hydrogen-bond donors (Lipinski definition) is 0. The number of hydrogen-bond acceptors (Lipinski definition) is 3. The number of nitrogens with zero attached hydrogens (tertiary/aromatic N) is 3. The van der Waals surface area contributed by atoms with Gasteiger partial charge in [-0.05, 0) is 43.8 Å². The van der Waals surface area contributed by atoms with E-state index >= 15 is 0 Å². The Hall–Kier alpha value is -1.29. The van der Waals surface area contributed by atoms with Crippen molar-refractivity contribution in [3.8, 4) is 0 Å². The van der Waals surface area contributed by atoms with E-state index in [1.54, 1.807) is 0 Å². The molecule has 92 valence electrons. The molecular formula is C13H12BrN3S. The molecule has 0 amide bonds. The van der Waals surface area contributed by atoms with Gasteiger partial charge >= 0.3 is 0 Å². The van der Waals surface area contributed by atoms with Crippen LogP contribution in [0.15, 0.2) is 33.7 Å². The van der Waals surface area contributed by atoms with Crippen LogP contribution in [0, 0.1) is 13.8 Å². The highest BCUT2D eigenvalue weighted by molar-refractivity contribution is 9.10. The van der Waals surface area contributed by atoms with Crippen LogP contribution in [0.5, 0.6) is 0 Å². The minimum absolute atomic E-state index is 0.729. The molecule has 2 rings (SSSR count). The average molecular weight is 322 g/mol.